The SMILES string of the molecule is CCN(CC)CCC1=C(CS(=O)(=O)O)c2cc3c(c4c2N(CCC4)C1(C)C)Oc1c2c4c(cc1=C3c1c(Cl)c(Cl)c(Cl)c(Cl)c1C(=O)O)C(CS(=O)(=O)O)=CC(C)(C)[N+]=4CCC2. The van der Waals surface area contributed by atoms with Crippen molar-refractivity contribution < 1.29 is 40.6 Å². The number of halogens is 4. The van der Waals surface area contributed by atoms with E-state index in [1.54, 1.807) is 12.1 Å². The normalized spacial score (nSPS) is 18.5. The number of hydrogen-bond donors (Lipinski definition) is 3. The molecule has 0 spiro atoms. The Morgan fingerprint density at radius 2 is 1.50 bits per heavy atom. The van der Waals surface area contributed by atoms with Gasteiger partial charge in [0.1, 0.15) is 29.5 Å². The van der Waals surface area contributed by atoms with Crippen LogP contribution in [-0.2, 0) is 33.1 Å². The first kappa shape index (κ1) is 45.4. The fourth-order valence-corrected chi connectivity index (χ4v) is 12.9. The van der Waals surface area contributed by atoms with E-state index in [4.69, 9.17) is 51.1 Å². The monoisotopic (exact) mass is 966 g/mol. The summed E-state index contributed by atoms with van der Waals surface area (Å²) in [5, 5.41) is 11.0. The van der Waals surface area contributed by atoms with Crippen LogP contribution in [0.1, 0.15) is 105 Å². The van der Waals surface area contributed by atoms with Crippen molar-refractivity contribution in [3.05, 3.63) is 93.4 Å². The molecule has 5 aliphatic heterocycles. The van der Waals surface area contributed by atoms with E-state index >= 15 is 0 Å². The second kappa shape index (κ2) is 15.8. The quantitative estimate of drug-likeness (QED) is 0.0582. The third kappa shape index (κ3) is 7.39. The minimum absolute atomic E-state index is 0.0707. The number of carboxylic acids is 1. The molecule has 0 atom stereocenters. The first-order valence-electron chi connectivity index (χ1n) is 20.6. The van der Waals surface area contributed by atoms with Crippen LogP contribution in [0, 0.1) is 0 Å². The number of benzene rings is 3. The molecule has 0 bridgehead atoms. The van der Waals surface area contributed by atoms with Crippen molar-refractivity contribution in [1.29, 1.82) is 0 Å². The molecule has 5 heterocycles. The largest absolute Gasteiger partial charge is 0.478 e. The average Bonchev–Trinajstić information content (AvgIpc) is 3.18. The molecule has 0 aliphatic carbocycles. The van der Waals surface area contributed by atoms with Crippen LogP contribution in [0.4, 0.5) is 5.69 Å². The summed E-state index contributed by atoms with van der Waals surface area (Å²) in [4.78, 5) is 17.9. The van der Waals surface area contributed by atoms with Gasteiger partial charge >= 0.3 is 5.97 Å². The second-order valence-electron chi connectivity index (χ2n) is 17.6. The number of anilines is 1. The molecule has 0 aromatic heterocycles. The van der Waals surface area contributed by atoms with Crippen LogP contribution in [0.2, 0.25) is 20.1 Å². The van der Waals surface area contributed by atoms with E-state index in [9.17, 15) is 35.8 Å². The zero-order chi connectivity index (χ0) is 45.2. The summed E-state index contributed by atoms with van der Waals surface area (Å²) in [6, 6.07) is 3.52. The Hall–Kier alpha value is -3.18. The van der Waals surface area contributed by atoms with E-state index in [-0.39, 0.29) is 31.2 Å². The summed E-state index contributed by atoms with van der Waals surface area (Å²) < 4.78 is 81.6. The van der Waals surface area contributed by atoms with Crippen molar-refractivity contribution in [3.63, 3.8) is 0 Å². The molecule has 0 saturated heterocycles. The molecule has 8 rings (SSSR count). The lowest BCUT2D eigenvalue weighted by molar-refractivity contribution is 0.0696. The third-order valence-electron chi connectivity index (χ3n) is 13.2. The van der Waals surface area contributed by atoms with Gasteiger partial charge in [-0.15, -0.1) is 0 Å². The van der Waals surface area contributed by atoms with Gasteiger partial charge in [-0.05, 0) is 87.5 Å². The average molecular weight is 969 g/mol. The van der Waals surface area contributed by atoms with Crippen LogP contribution in [0.15, 0.2) is 23.8 Å². The van der Waals surface area contributed by atoms with Gasteiger partial charge in [-0.2, -0.15) is 16.8 Å². The summed E-state index contributed by atoms with van der Waals surface area (Å²) in [6.07, 6.45) is 4.75. The highest BCUT2D eigenvalue weighted by Crippen LogP contribution is 2.56. The van der Waals surface area contributed by atoms with Crippen molar-refractivity contribution >= 4 is 95.0 Å². The highest BCUT2D eigenvalue weighted by molar-refractivity contribution is 7.86. The Labute approximate surface area is 381 Å². The van der Waals surface area contributed by atoms with Gasteiger partial charge in [0.2, 0.25) is 5.36 Å². The Balaban J connectivity index is 1.59. The van der Waals surface area contributed by atoms with E-state index < -0.39 is 54.4 Å². The van der Waals surface area contributed by atoms with Crippen molar-refractivity contribution in [2.75, 3.05) is 49.1 Å². The predicted octanol–water partition coefficient (Wildman–Crippen LogP) is 7.77. The lowest BCUT2D eigenvalue weighted by Crippen LogP contribution is -2.54. The van der Waals surface area contributed by atoms with Crippen LogP contribution in [-0.4, -0.2) is 97.2 Å². The van der Waals surface area contributed by atoms with E-state index in [1.807, 2.05) is 19.9 Å². The van der Waals surface area contributed by atoms with Crippen LogP contribution in [0.3, 0.4) is 0 Å². The minimum Gasteiger partial charge on any atom is -0.478 e. The van der Waals surface area contributed by atoms with Gasteiger partial charge in [0.05, 0.1) is 48.0 Å². The molecular formula is C44H48Cl4N3O9S2+. The van der Waals surface area contributed by atoms with Crippen molar-refractivity contribution in [1.82, 2.24) is 9.48 Å². The smallest absolute Gasteiger partial charge is 0.337 e. The number of rotatable bonds is 11. The Bertz CT molecular complexity index is 2960. The topological polar surface area (TPSA) is 165 Å². The summed E-state index contributed by atoms with van der Waals surface area (Å²) in [6.45, 7) is 15.7. The molecule has 0 unspecified atom stereocenters. The van der Waals surface area contributed by atoms with E-state index in [1.165, 1.54) is 0 Å². The first-order valence-corrected chi connectivity index (χ1v) is 25.3. The number of carbonyl (C=O) groups is 1. The third-order valence-corrected chi connectivity index (χ3v) is 16.4. The fourth-order valence-electron chi connectivity index (χ4n) is 10.6. The van der Waals surface area contributed by atoms with Gasteiger partial charge in [-0.25, -0.2) is 9.37 Å². The minimum atomic E-state index is -4.60. The maximum atomic E-state index is 13.4. The molecule has 5 aliphatic rings. The molecule has 3 N–H and O–H groups in total. The lowest BCUT2D eigenvalue weighted by atomic mass is 9.74. The first-order chi connectivity index (χ1) is 28.9. The highest BCUT2D eigenvalue weighted by Gasteiger charge is 2.46. The number of carboxylic acid groups (broad SMARTS) is 1. The Morgan fingerprint density at radius 1 is 0.855 bits per heavy atom. The molecule has 3 aromatic carbocycles. The zero-order valence-electron chi connectivity index (χ0n) is 35.2. The molecule has 0 amide bonds. The summed E-state index contributed by atoms with van der Waals surface area (Å²) in [7, 11) is -9.14. The maximum absolute atomic E-state index is 13.4. The van der Waals surface area contributed by atoms with Crippen LogP contribution in [0.5, 0.6) is 11.5 Å². The van der Waals surface area contributed by atoms with Crippen molar-refractivity contribution in [2.24, 2.45) is 0 Å². The zero-order valence-corrected chi connectivity index (χ0v) is 39.8. The molecule has 332 valence electrons. The molecular weight excluding hydrogens is 920 g/mol. The molecule has 0 saturated carbocycles. The molecule has 3 aromatic rings. The number of hydrogen-bond acceptors (Lipinski definition) is 8. The van der Waals surface area contributed by atoms with Crippen LogP contribution in [0.25, 0.3) is 16.7 Å². The van der Waals surface area contributed by atoms with Gasteiger partial charge in [0.15, 0.2) is 5.54 Å². The standard InChI is InChI=1S/C44H47Cl4N3O9S2/c1-7-49(8-2)16-13-30-29(21-62(57,58)59)26-18-28-31(32-33(42(52)53)35(46)37(48)36(47)34(32)45)27-17-25-22(20-61(54,55)56)19-43(3,4)50-14-9-11-23(38(25)50)40(27)60-41(28)24-12-10-15-51(39(24)26)44(30,5)6/h17-19H,7-16,20-21H2,1-6H3,(H2-,52,53,54,55,56,57,58,59)/p+1. The Morgan fingerprint density at radius 3 is 2.13 bits per heavy atom. The molecule has 62 heavy (non-hydrogen) atoms. The van der Waals surface area contributed by atoms with Gasteiger partial charge in [0.25, 0.3) is 20.2 Å². The fraction of sp³-hybridized carbons (Fsp3) is 0.455. The van der Waals surface area contributed by atoms with Gasteiger partial charge in [-0.3, -0.25) is 9.11 Å². The van der Waals surface area contributed by atoms with E-state index in [0.29, 0.717) is 96.3 Å². The molecule has 0 fully saturated rings. The summed E-state index contributed by atoms with van der Waals surface area (Å²) in [5.41, 5.74) is 3.66. The van der Waals surface area contributed by atoms with E-state index in [2.05, 4.69) is 42.1 Å². The highest BCUT2D eigenvalue weighted by atomic mass is 35.5. The molecule has 12 nitrogen and oxygen atoms in total. The second-order valence-corrected chi connectivity index (χ2v) is 22.0. The lowest BCUT2D eigenvalue weighted by Gasteiger charge is -2.51. The summed E-state index contributed by atoms with van der Waals surface area (Å²) >= 11 is 27.3. The van der Waals surface area contributed by atoms with Gasteiger partial charge < -0.3 is 19.6 Å². The Kier molecular flexibility index (Phi) is 11.5. The molecule has 0 radical (unpaired) electrons. The van der Waals surface area contributed by atoms with Crippen LogP contribution < -0.4 is 24.8 Å². The van der Waals surface area contributed by atoms with Gasteiger partial charge in [0, 0.05) is 66.4 Å². The number of ether oxygens (including phenoxy) is 1. The number of aromatic carboxylic acids is 1. The number of fused-ring (bicyclic) bond motifs is 4. The van der Waals surface area contributed by atoms with Gasteiger partial charge in [-0.1, -0.05) is 60.3 Å². The van der Waals surface area contributed by atoms with Crippen molar-refractivity contribution in [2.45, 2.75) is 84.7 Å². The predicted molar refractivity (Wildman–Crippen MR) is 246 cm³/mol. The number of nitrogens with zero attached hydrogens (tertiary/aromatic N) is 3. The molecule has 18 heteroatoms. The van der Waals surface area contributed by atoms with E-state index in [0.717, 1.165) is 40.8 Å². The van der Waals surface area contributed by atoms with Crippen molar-refractivity contribution in [3.8, 4) is 11.5 Å². The van der Waals surface area contributed by atoms with Crippen LogP contribution >= 0.6 is 46.4 Å². The summed E-state index contributed by atoms with van der Waals surface area (Å²) in [5.74, 6) is -2.00. The maximum Gasteiger partial charge on any atom is 0.337 e.